The second kappa shape index (κ2) is 8.77. The molecule has 0 atom stereocenters. The maximum atomic E-state index is 13.0. The number of benzene rings is 2. The first-order chi connectivity index (χ1) is 14.2. The van der Waals surface area contributed by atoms with Crippen LogP contribution in [0.2, 0.25) is 0 Å². The van der Waals surface area contributed by atoms with E-state index in [4.69, 9.17) is 0 Å². The van der Waals surface area contributed by atoms with Gasteiger partial charge in [0.1, 0.15) is 0 Å². The summed E-state index contributed by atoms with van der Waals surface area (Å²) in [6.45, 7) is 5.44. The minimum Gasteiger partial charge on any atom is -0.355 e. The maximum absolute atomic E-state index is 13.0. The molecule has 1 heterocycles. The lowest BCUT2D eigenvalue weighted by Crippen LogP contribution is -2.51. The SMILES string of the molecule is CC(C)C(=O)N1CCN(C(=O)c2ccccc2Nc2cccc(C(F)(F)F)c2)CC1. The summed E-state index contributed by atoms with van der Waals surface area (Å²) in [5.74, 6) is -0.250. The molecule has 0 unspecified atom stereocenters. The lowest BCUT2D eigenvalue weighted by atomic mass is 10.1. The van der Waals surface area contributed by atoms with Crippen LogP contribution < -0.4 is 5.32 Å². The Hall–Kier alpha value is -3.03. The van der Waals surface area contributed by atoms with Gasteiger partial charge in [0.25, 0.3) is 5.91 Å². The van der Waals surface area contributed by atoms with Crippen molar-refractivity contribution in [1.29, 1.82) is 0 Å². The highest BCUT2D eigenvalue weighted by Gasteiger charge is 2.31. The number of anilines is 2. The molecule has 30 heavy (non-hydrogen) atoms. The molecule has 0 aromatic heterocycles. The zero-order valence-electron chi connectivity index (χ0n) is 16.9. The van der Waals surface area contributed by atoms with Crippen LogP contribution in [0.5, 0.6) is 0 Å². The van der Waals surface area contributed by atoms with Crippen molar-refractivity contribution in [3.63, 3.8) is 0 Å². The van der Waals surface area contributed by atoms with Gasteiger partial charge in [0, 0.05) is 37.8 Å². The van der Waals surface area contributed by atoms with Gasteiger partial charge in [-0.1, -0.05) is 32.0 Å². The third-order valence-electron chi connectivity index (χ3n) is 5.00. The van der Waals surface area contributed by atoms with E-state index in [1.54, 1.807) is 34.1 Å². The molecule has 1 saturated heterocycles. The minimum atomic E-state index is -4.44. The molecule has 0 radical (unpaired) electrons. The molecule has 2 aromatic carbocycles. The molecule has 1 aliphatic heterocycles. The highest BCUT2D eigenvalue weighted by Crippen LogP contribution is 2.32. The zero-order chi connectivity index (χ0) is 21.9. The van der Waals surface area contributed by atoms with Crippen molar-refractivity contribution in [2.45, 2.75) is 20.0 Å². The lowest BCUT2D eigenvalue weighted by Gasteiger charge is -2.36. The summed E-state index contributed by atoms with van der Waals surface area (Å²) in [6, 6.07) is 11.6. The van der Waals surface area contributed by atoms with Crippen molar-refractivity contribution < 1.29 is 22.8 Å². The van der Waals surface area contributed by atoms with Gasteiger partial charge in [-0.25, -0.2) is 0 Å². The first kappa shape index (κ1) is 21.7. The number of hydrogen-bond donors (Lipinski definition) is 1. The van der Waals surface area contributed by atoms with Crippen molar-refractivity contribution in [2.75, 3.05) is 31.5 Å². The molecule has 160 valence electrons. The van der Waals surface area contributed by atoms with Crippen molar-refractivity contribution >= 4 is 23.2 Å². The van der Waals surface area contributed by atoms with Crippen LogP contribution in [-0.2, 0) is 11.0 Å². The standard InChI is InChI=1S/C22H24F3N3O2/c1-15(2)20(29)27-10-12-28(13-11-27)21(30)18-8-3-4-9-19(18)26-17-7-5-6-16(14-17)22(23,24)25/h3-9,14-15,26H,10-13H2,1-2H3. The zero-order valence-corrected chi connectivity index (χ0v) is 16.9. The normalized spacial score (nSPS) is 14.7. The van der Waals surface area contributed by atoms with Gasteiger partial charge >= 0.3 is 6.18 Å². The smallest absolute Gasteiger partial charge is 0.355 e. The predicted octanol–water partition coefficient (Wildman–Crippen LogP) is 4.39. The number of nitrogens with one attached hydrogen (secondary N) is 1. The van der Waals surface area contributed by atoms with Gasteiger partial charge in [-0.3, -0.25) is 9.59 Å². The van der Waals surface area contributed by atoms with Crippen molar-refractivity contribution in [3.8, 4) is 0 Å². The van der Waals surface area contributed by atoms with Crippen LogP contribution in [0.4, 0.5) is 24.5 Å². The first-order valence-corrected chi connectivity index (χ1v) is 9.78. The van der Waals surface area contributed by atoms with E-state index in [1.165, 1.54) is 12.1 Å². The third kappa shape index (κ3) is 4.93. The topological polar surface area (TPSA) is 52.7 Å². The molecule has 2 aromatic rings. The third-order valence-corrected chi connectivity index (χ3v) is 5.00. The number of hydrogen-bond acceptors (Lipinski definition) is 3. The fraction of sp³-hybridized carbons (Fsp3) is 0.364. The fourth-order valence-corrected chi connectivity index (χ4v) is 3.37. The van der Waals surface area contributed by atoms with Crippen molar-refractivity contribution in [2.24, 2.45) is 5.92 Å². The van der Waals surface area contributed by atoms with Crippen LogP contribution in [-0.4, -0.2) is 47.8 Å². The van der Waals surface area contributed by atoms with Crippen LogP contribution in [0.3, 0.4) is 0 Å². The molecule has 0 saturated carbocycles. The molecular formula is C22H24F3N3O2. The average molecular weight is 419 g/mol. The van der Waals surface area contributed by atoms with E-state index >= 15 is 0 Å². The summed E-state index contributed by atoms with van der Waals surface area (Å²) in [5, 5.41) is 2.93. The first-order valence-electron chi connectivity index (χ1n) is 9.78. The second-order valence-corrected chi connectivity index (χ2v) is 7.52. The fourth-order valence-electron chi connectivity index (χ4n) is 3.37. The van der Waals surface area contributed by atoms with Crippen molar-refractivity contribution in [3.05, 3.63) is 59.7 Å². The number of piperazine rings is 1. The summed E-state index contributed by atoms with van der Waals surface area (Å²) < 4.78 is 38.9. The second-order valence-electron chi connectivity index (χ2n) is 7.52. The van der Waals surface area contributed by atoms with E-state index in [-0.39, 0.29) is 23.4 Å². The van der Waals surface area contributed by atoms with E-state index < -0.39 is 11.7 Å². The van der Waals surface area contributed by atoms with Gasteiger partial charge in [-0.05, 0) is 30.3 Å². The molecule has 0 spiro atoms. The Morgan fingerprint density at radius 1 is 0.933 bits per heavy atom. The molecule has 1 N–H and O–H groups in total. The molecule has 0 aliphatic carbocycles. The largest absolute Gasteiger partial charge is 0.416 e. The van der Waals surface area contributed by atoms with Crippen LogP contribution in [0, 0.1) is 5.92 Å². The molecule has 3 rings (SSSR count). The quantitative estimate of drug-likeness (QED) is 0.800. The molecule has 5 nitrogen and oxygen atoms in total. The molecule has 1 fully saturated rings. The number of para-hydroxylation sites is 1. The van der Waals surface area contributed by atoms with E-state index in [9.17, 15) is 22.8 Å². The van der Waals surface area contributed by atoms with E-state index in [1.807, 2.05) is 13.8 Å². The highest BCUT2D eigenvalue weighted by molar-refractivity contribution is 6.00. The number of alkyl halides is 3. The molecule has 1 aliphatic rings. The van der Waals surface area contributed by atoms with Crippen LogP contribution in [0.25, 0.3) is 0 Å². The number of nitrogens with zero attached hydrogens (tertiary/aromatic N) is 2. The number of amides is 2. The highest BCUT2D eigenvalue weighted by atomic mass is 19.4. The summed E-state index contributed by atoms with van der Waals surface area (Å²) in [7, 11) is 0. The van der Waals surface area contributed by atoms with Crippen LogP contribution in [0.15, 0.2) is 48.5 Å². The van der Waals surface area contributed by atoms with Gasteiger partial charge in [0.05, 0.1) is 16.8 Å². The lowest BCUT2D eigenvalue weighted by molar-refractivity contribution is -0.137. The number of carbonyl (C=O) groups is 2. The number of carbonyl (C=O) groups excluding carboxylic acids is 2. The summed E-state index contributed by atoms with van der Waals surface area (Å²) in [6.07, 6.45) is -4.44. The van der Waals surface area contributed by atoms with Crippen LogP contribution >= 0.6 is 0 Å². The van der Waals surface area contributed by atoms with Gasteiger partial charge in [0.2, 0.25) is 5.91 Å². The minimum absolute atomic E-state index is 0.0636. The Kier molecular flexibility index (Phi) is 6.34. The Balaban J connectivity index is 1.75. The molecule has 8 heteroatoms. The monoisotopic (exact) mass is 419 g/mol. The molecule has 2 amide bonds. The summed E-state index contributed by atoms with van der Waals surface area (Å²) in [4.78, 5) is 28.6. The molecular weight excluding hydrogens is 395 g/mol. The van der Waals surface area contributed by atoms with Gasteiger partial charge in [0.15, 0.2) is 0 Å². The maximum Gasteiger partial charge on any atom is 0.416 e. The summed E-state index contributed by atoms with van der Waals surface area (Å²) >= 11 is 0. The Morgan fingerprint density at radius 3 is 2.20 bits per heavy atom. The summed E-state index contributed by atoms with van der Waals surface area (Å²) in [5.41, 5.74) is 0.292. The van der Waals surface area contributed by atoms with Gasteiger partial charge in [-0.2, -0.15) is 13.2 Å². The average Bonchev–Trinajstić information content (AvgIpc) is 2.73. The Bertz CT molecular complexity index is 920. The van der Waals surface area contributed by atoms with E-state index in [2.05, 4.69) is 5.32 Å². The predicted molar refractivity (Wildman–Crippen MR) is 108 cm³/mol. The van der Waals surface area contributed by atoms with Crippen molar-refractivity contribution in [1.82, 2.24) is 9.80 Å². The van der Waals surface area contributed by atoms with E-state index in [0.717, 1.165) is 12.1 Å². The van der Waals surface area contributed by atoms with Crippen LogP contribution in [0.1, 0.15) is 29.8 Å². The number of rotatable bonds is 4. The van der Waals surface area contributed by atoms with Gasteiger partial charge < -0.3 is 15.1 Å². The van der Waals surface area contributed by atoms with E-state index in [0.29, 0.717) is 37.4 Å². The Labute approximate surface area is 173 Å². The number of halogens is 3. The van der Waals surface area contributed by atoms with Gasteiger partial charge in [-0.15, -0.1) is 0 Å². The Morgan fingerprint density at radius 2 is 1.57 bits per heavy atom. The molecule has 0 bridgehead atoms.